The number of carbonyl (C=O) groups excluding carboxylic acids is 5. The van der Waals surface area contributed by atoms with Crippen molar-refractivity contribution < 1.29 is 43.3 Å². The third kappa shape index (κ3) is 9.76. The van der Waals surface area contributed by atoms with E-state index in [1.807, 2.05) is 13.0 Å². The van der Waals surface area contributed by atoms with Crippen LogP contribution in [0.4, 0.5) is 4.79 Å². The normalized spacial score (nSPS) is 18.1. The second-order valence-corrected chi connectivity index (χ2v) is 13.0. The van der Waals surface area contributed by atoms with Gasteiger partial charge in [-0.25, -0.2) is 9.48 Å². The molecule has 5 amide bonds. The van der Waals surface area contributed by atoms with Gasteiger partial charge in [0.2, 0.25) is 17.7 Å². The fourth-order valence-corrected chi connectivity index (χ4v) is 6.23. The first-order valence-electron chi connectivity index (χ1n) is 17.8. The first-order valence-corrected chi connectivity index (χ1v) is 17.8. The predicted octanol–water partition coefficient (Wildman–Crippen LogP) is 1.95. The summed E-state index contributed by atoms with van der Waals surface area (Å²) in [6.07, 6.45) is 4.54. The number of para-hydroxylation sites is 1. The SMILES string of the molecule is CCCCOC(=O)CC[C@H](NC(=O)c1cc(OCC(=O)N2CCC[C@H]2C(=O)NC2CCC2)n(-c2ccccc2)n1)C(=O)N1CCN(C(=O)O)CC1. The third-order valence-electron chi connectivity index (χ3n) is 9.44. The Bertz CT molecular complexity index is 1550. The number of unbranched alkanes of at least 4 members (excludes halogenated alkanes) is 1. The Labute approximate surface area is 296 Å². The van der Waals surface area contributed by atoms with Gasteiger partial charge in [-0.15, -0.1) is 0 Å². The van der Waals surface area contributed by atoms with Crippen molar-refractivity contribution in [3.05, 3.63) is 42.1 Å². The minimum atomic E-state index is -1.13. The Balaban J connectivity index is 1.29. The van der Waals surface area contributed by atoms with E-state index < -0.39 is 42.6 Å². The Morgan fingerprint density at radius 1 is 0.961 bits per heavy atom. The molecule has 3 N–H and O–H groups in total. The van der Waals surface area contributed by atoms with Gasteiger partial charge in [0.05, 0.1) is 12.3 Å². The number of hydrogen-bond donors (Lipinski definition) is 3. The monoisotopic (exact) mass is 709 g/mol. The molecule has 16 nitrogen and oxygen atoms in total. The Hall–Kier alpha value is -5.15. The second kappa shape index (κ2) is 17.7. The number of amides is 5. The number of hydrogen-bond acceptors (Lipinski definition) is 9. The van der Waals surface area contributed by atoms with E-state index in [2.05, 4.69) is 15.7 Å². The predicted molar refractivity (Wildman–Crippen MR) is 182 cm³/mol. The maximum absolute atomic E-state index is 13.7. The van der Waals surface area contributed by atoms with Crippen molar-refractivity contribution in [2.24, 2.45) is 0 Å². The molecule has 2 aromatic rings. The molecule has 16 heteroatoms. The van der Waals surface area contributed by atoms with Gasteiger partial charge in [-0.3, -0.25) is 24.0 Å². The molecular formula is C35H47N7O9. The number of rotatable bonds is 15. The molecule has 0 bridgehead atoms. The van der Waals surface area contributed by atoms with E-state index in [1.165, 1.54) is 25.4 Å². The van der Waals surface area contributed by atoms with Crippen LogP contribution in [0.2, 0.25) is 0 Å². The number of benzene rings is 1. The lowest BCUT2D eigenvalue weighted by atomic mass is 9.93. The molecule has 5 rings (SSSR count). The topological polar surface area (TPSA) is 193 Å². The molecule has 0 spiro atoms. The van der Waals surface area contributed by atoms with Gasteiger partial charge in [0.15, 0.2) is 12.3 Å². The number of ether oxygens (including phenoxy) is 2. The van der Waals surface area contributed by atoms with Gasteiger partial charge in [0.1, 0.15) is 12.1 Å². The molecule has 3 heterocycles. The van der Waals surface area contributed by atoms with Crippen molar-refractivity contribution in [3.63, 3.8) is 0 Å². The maximum Gasteiger partial charge on any atom is 0.407 e. The van der Waals surface area contributed by atoms with Gasteiger partial charge in [0, 0.05) is 51.3 Å². The van der Waals surface area contributed by atoms with E-state index in [-0.39, 0.29) is 75.1 Å². The van der Waals surface area contributed by atoms with Gasteiger partial charge in [0.25, 0.3) is 11.8 Å². The number of likely N-dealkylation sites (tertiary alicyclic amines) is 1. The zero-order valence-electron chi connectivity index (χ0n) is 29.0. The lowest BCUT2D eigenvalue weighted by Gasteiger charge is -2.35. The summed E-state index contributed by atoms with van der Waals surface area (Å²) in [6.45, 7) is 2.76. The quantitative estimate of drug-likeness (QED) is 0.182. The Kier molecular flexibility index (Phi) is 12.9. The highest BCUT2D eigenvalue weighted by Gasteiger charge is 2.36. The summed E-state index contributed by atoms with van der Waals surface area (Å²) >= 11 is 0. The fourth-order valence-electron chi connectivity index (χ4n) is 6.23. The van der Waals surface area contributed by atoms with E-state index in [4.69, 9.17) is 9.47 Å². The van der Waals surface area contributed by atoms with Crippen LogP contribution in [0.5, 0.6) is 5.88 Å². The van der Waals surface area contributed by atoms with Gasteiger partial charge in [-0.05, 0) is 57.1 Å². The molecule has 1 saturated carbocycles. The summed E-state index contributed by atoms with van der Waals surface area (Å²) in [5.41, 5.74) is 0.455. The van der Waals surface area contributed by atoms with Crippen molar-refractivity contribution >= 4 is 35.7 Å². The highest BCUT2D eigenvalue weighted by Crippen LogP contribution is 2.24. The third-order valence-corrected chi connectivity index (χ3v) is 9.44. The van der Waals surface area contributed by atoms with Crippen molar-refractivity contribution in [2.45, 2.75) is 82.8 Å². The minimum Gasteiger partial charge on any atom is -0.467 e. The van der Waals surface area contributed by atoms with E-state index in [0.29, 0.717) is 31.5 Å². The molecule has 1 aromatic heterocycles. The lowest BCUT2D eigenvalue weighted by Crippen LogP contribution is -2.55. The van der Waals surface area contributed by atoms with Gasteiger partial charge in [-0.2, -0.15) is 5.10 Å². The van der Waals surface area contributed by atoms with Crippen molar-refractivity contribution in [3.8, 4) is 11.6 Å². The number of nitrogens with zero attached hydrogens (tertiary/aromatic N) is 5. The molecule has 1 aliphatic carbocycles. The van der Waals surface area contributed by atoms with E-state index >= 15 is 0 Å². The van der Waals surface area contributed by atoms with Crippen LogP contribution in [-0.4, -0.2) is 129 Å². The lowest BCUT2D eigenvalue weighted by molar-refractivity contribution is -0.144. The molecule has 0 radical (unpaired) electrons. The second-order valence-electron chi connectivity index (χ2n) is 13.0. The van der Waals surface area contributed by atoms with Crippen LogP contribution in [0.1, 0.15) is 75.2 Å². The summed E-state index contributed by atoms with van der Waals surface area (Å²) in [6, 6.07) is 8.70. The standard InChI is InChI=1S/C35H47N7O9/c1-2-3-21-50-31(44)15-14-26(34(47)39-17-19-40(20-18-39)35(48)49)37-32(45)27-22-30(42(38-27)25-11-5-4-6-12-25)51-23-29(43)41-16-8-13-28(41)33(46)36-24-9-7-10-24/h4-6,11-12,22,24,26,28H,2-3,7-10,13-21,23H2,1H3,(H,36,46)(H,37,45)(H,48,49)/t26-,28-/m0/s1. The average molecular weight is 710 g/mol. The fraction of sp³-hybridized carbons (Fsp3) is 0.571. The van der Waals surface area contributed by atoms with Gasteiger partial charge < -0.3 is 39.9 Å². The molecule has 2 atom stereocenters. The van der Waals surface area contributed by atoms with E-state index in [0.717, 1.165) is 25.7 Å². The van der Waals surface area contributed by atoms with Crippen LogP contribution in [0, 0.1) is 0 Å². The van der Waals surface area contributed by atoms with Gasteiger partial charge in [-0.1, -0.05) is 31.5 Å². The van der Waals surface area contributed by atoms with E-state index in [1.54, 1.807) is 24.3 Å². The number of aromatic nitrogens is 2. The molecule has 2 aliphatic heterocycles. The average Bonchev–Trinajstić information content (AvgIpc) is 3.79. The summed E-state index contributed by atoms with van der Waals surface area (Å²) in [4.78, 5) is 81.6. The van der Waals surface area contributed by atoms with Crippen molar-refractivity contribution in [1.29, 1.82) is 0 Å². The van der Waals surface area contributed by atoms with Crippen LogP contribution in [0.3, 0.4) is 0 Å². The highest BCUT2D eigenvalue weighted by molar-refractivity contribution is 5.96. The molecular weight excluding hydrogens is 662 g/mol. The molecule has 0 unspecified atom stereocenters. The van der Waals surface area contributed by atoms with Crippen LogP contribution in [0.25, 0.3) is 5.69 Å². The number of esters is 1. The Morgan fingerprint density at radius 3 is 2.35 bits per heavy atom. The maximum atomic E-state index is 13.7. The van der Waals surface area contributed by atoms with Crippen LogP contribution >= 0.6 is 0 Å². The first-order chi connectivity index (χ1) is 24.6. The zero-order chi connectivity index (χ0) is 36.3. The number of piperazine rings is 1. The van der Waals surface area contributed by atoms with Crippen molar-refractivity contribution in [2.75, 3.05) is 45.9 Å². The molecule has 1 aromatic carbocycles. The zero-order valence-corrected chi connectivity index (χ0v) is 29.0. The number of carboxylic acid groups (broad SMARTS) is 1. The molecule has 51 heavy (non-hydrogen) atoms. The molecule has 276 valence electrons. The van der Waals surface area contributed by atoms with Crippen LogP contribution in [0.15, 0.2) is 36.4 Å². The molecule has 2 saturated heterocycles. The van der Waals surface area contributed by atoms with Crippen LogP contribution in [-0.2, 0) is 23.9 Å². The van der Waals surface area contributed by atoms with Crippen molar-refractivity contribution in [1.82, 2.24) is 35.1 Å². The van der Waals surface area contributed by atoms with Gasteiger partial charge >= 0.3 is 12.1 Å². The summed E-state index contributed by atoms with van der Waals surface area (Å²) in [7, 11) is 0. The number of carbonyl (C=O) groups is 6. The largest absolute Gasteiger partial charge is 0.467 e. The summed E-state index contributed by atoms with van der Waals surface area (Å²) < 4.78 is 12.6. The number of nitrogens with one attached hydrogen (secondary N) is 2. The van der Waals surface area contributed by atoms with Crippen LogP contribution < -0.4 is 15.4 Å². The smallest absolute Gasteiger partial charge is 0.407 e. The summed E-state index contributed by atoms with van der Waals surface area (Å²) in [5.74, 6) is -2.09. The first kappa shape index (κ1) is 37.1. The molecule has 3 fully saturated rings. The minimum absolute atomic E-state index is 0.0444. The van der Waals surface area contributed by atoms with E-state index in [9.17, 15) is 33.9 Å². The molecule has 3 aliphatic rings. The summed E-state index contributed by atoms with van der Waals surface area (Å²) in [5, 5.41) is 19.5. The Morgan fingerprint density at radius 2 is 1.69 bits per heavy atom. The highest BCUT2D eigenvalue weighted by atomic mass is 16.5.